The molecule has 1 heterocycles. The summed E-state index contributed by atoms with van der Waals surface area (Å²) in [5.41, 5.74) is 1.19. The zero-order valence-corrected chi connectivity index (χ0v) is 12.4. The lowest BCUT2D eigenvalue weighted by Gasteiger charge is -2.07. The van der Waals surface area contributed by atoms with Gasteiger partial charge in [0, 0.05) is 30.7 Å². The van der Waals surface area contributed by atoms with Crippen LogP contribution < -0.4 is 4.74 Å². The van der Waals surface area contributed by atoms with Gasteiger partial charge in [-0.15, -0.1) is 0 Å². The molecule has 0 N–H and O–H groups in total. The Balaban J connectivity index is 2.20. The van der Waals surface area contributed by atoms with Crippen molar-refractivity contribution < 1.29 is 14.5 Å². The summed E-state index contributed by atoms with van der Waals surface area (Å²) < 4.78 is 5.62. The molecule has 6 heteroatoms. The number of ketones is 1. The van der Waals surface area contributed by atoms with E-state index in [0.717, 1.165) is 0 Å². The number of pyridine rings is 1. The third-order valence-corrected chi connectivity index (χ3v) is 3.17. The quantitative estimate of drug-likeness (QED) is 0.601. The minimum absolute atomic E-state index is 0.00735. The summed E-state index contributed by atoms with van der Waals surface area (Å²) in [6.45, 7) is 3.47. The molecule has 2 aromatic rings. The van der Waals surface area contributed by atoms with Crippen LogP contribution in [0.25, 0.3) is 0 Å². The van der Waals surface area contributed by atoms with Gasteiger partial charge >= 0.3 is 0 Å². The predicted octanol–water partition coefficient (Wildman–Crippen LogP) is 3.61. The van der Waals surface area contributed by atoms with Crippen molar-refractivity contribution >= 4 is 11.5 Å². The molecule has 2 rings (SSSR count). The molecule has 0 aliphatic carbocycles. The Labute approximate surface area is 127 Å². The highest BCUT2D eigenvalue weighted by molar-refractivity contribution is 5.80. The Bertz CT molecular complexity index is 713. The molecular formula is C16H16N2O4. The summed E-state index contributed by atoms with van der Waals surface area (Å²) in [5, 5.41) is 10.9. The van der Waals surface area contributed by atoms with Gasteiger partial charge < -0.3 is 4.74 Å². The van der Waals surface area contributed by atoms with E-state index in [1.807, 2.05) is 0 Å². The third kappa shape index (κ3) is 3.88. The van der Waals surface area contributed by atoms with E-state index >= 15 is 0 Å². The lowest BCUT2D eigenvalue weighted by molar-refractivity contribution is -0.385. The summed E-state index contributed by atoms with van der Waals surface area (Å²) in [5.74, 6) is 0.957. The van der Waals surface area contributed by atoms with E-state index in [4.69, 9.17) is 4.74 Å². The van der Waals surface area contributed by atoms with Gasteiger partial charge in [-0.25, -0.2) is 0 Å². The third-order valence-electron chi connectivity index (χ3n) is 3.17. The minimum atomic E-state index is -0.444. The Morgan fingerprint density at radius 2 is 2.00 bits per heavy atom. The van der Waals surface area contributed by atoms with Crippen molar-refractivity contribution in [2.45, 2.75) is 26.7 Å². The van der Waals surface area contributed by atoms with Crippen LogP contribution in [0.5, 0.6) is 11.5 Å². The fraction of sp³-hybridized carbons (Fsp3) is 0.250. The van der Waals surface area contributed by atoms with Crippen LogP contribution >= 0.6 is 0 Å². The van der Waals surface area contributed by atoms with Crippen molar-refractivity contribution in [3.63, 3.8) is 0 Å². The molecule has 0 bridgehead atoms. The van der Waals surface area contributed by atoms with Crippen LogP contribution in [0, 0.1) is 17.0 Å². The average Bonchev–Trinajstić information content (AvgIpc) is 2.49. The summed E-state index contributed by atoms with van der Waals surface area (Å²) in [7, 11) is 0. The molecule has 0 fully saturated rings. The molecule has 0 amide bonds. The maximum atomic E-state index is 11.5. The molecular weight excluding hydrogens is 284 g/mol. The summed E-state index contributed by atoms with van der Waals surface area (Å²) in [6.07, 6.45) is 2.26. The van der Waals surface area contributed by atoms with Crippen LogP contribution in [0.4, 0.5) is 5.69 Å². The van der Waals surface area contributed by atoms with Crippen molar-refractivity contribution in [1.29, 1.82) is 0 Å². The first kappa shape index (κ1) is 15.6. The van der Waals surface area contributed by atoms with Gasteiger partial charge in [-0.3, -0.25) is 19.9 Å². The van der Waals surface area contributed by atoms with E-state index in [-0.39, 0.29) is 17.9 Å². The number of nitro groups is 1. The largest absolute Gasteiger partial charge is 0.457 e. The number of benzene rings is 1. The maximum Gasteiger partial charge on any atom is 0.276 e. The molecule has 0 unspecified atom stereocenters. The highest BCUT2D eigenvalue weighted by Crippen LogP contribution is 2.28. The van der Waals surface area contributed by atoms with E-state index in [0.29, 0.717) is 29.2 Å². The number of nitrogens with zero attached hydrogens (tertiary/aromatic N) is 2. The summed E-state index contributed by atoms with van der Waals surface area (Å²) in [6, 6.07) is 7.99. The molecule has 1 aromatic carbocycles. The van der Waals surface area contributed by atoms with Gasteiger partial charge in [0.1, 0.15) is 17.3 Å². The molecule has 0 saturated carbocycles. The molecule has 0 atom stereocenters. The van der Waals surface area contributed by atoms with E-state index in [1.54, 1.807) is 44.3 Å². The second kappa shape index (κ2) is 6.80. The van der Waals surface area contributed by atoms with Crippen molar-refractivity contribution in [1.82, 2.24) is 4.98 Å². The van der Waals surface area contributed by atoms with Crippen LogP contribution in [0.1, 0.15) is 24.6 Å². The highest BCUT2D eigenvalue weighted by atomic mass is 16.6. The minimum Gasteiger partial charge on any atom is -0.457 e. The monoisotopic (exact) mass is 300 g/mol. The van der Waals surface area contributed by atoms with E-state index in [2.05, 4.69) is 4.98 Å². The van der Waals surface area contributed by atoms with Gasteiger partial charge in [-0.1, -0.05) is 6.92 Å². The van der Waals surface area contributed by atoms with Gasteiger partial charge in [0.25, 0.3) is 5.69 Å². The second-order valence-electron chi connectivity index (χ2n) is 4.86. The van der Waals surface area contributed by atoms with Crippen LogP contribution in [0.2, 0.25) is 0 Å². The lowest BCUT2D eigenvalue weighted by Crippen LogP contribution is -2.02. The zero-order valence-electron chi connectivity index (χ0n) is 12.4. The van der Waals surface area contributed by atoms with Crippen LogP contribution in [-0.4, -0.2) is 15.7 Å². The Hall–Kier alpha value is -2.76. The predicted molar refractivity (Wildman–Crippen MR) is 81.1 cm³/mol. The van der Waals surface area contributed by atoms with Crippen LogP contribution in [-0.2, 0) is 11.2 Å². The topological polar surface area (TPSA) is 82.3 Å². The number of Topliss-reactive ketones (excluding diaryl/α,β-unsaturated/α-hetero) is 1. The number of rotatable bonds is 6. The maximum absolute atomic E-state index is 11.5. The molecule has 114 valence electrons. The number of hydrogen-bond donors (Lipinski definition) is 0. The number of ether oxygens (including phenoxy) is 1. The standard InChI is InChI=1S/C16H16N2O4/c1-3-13(19)8-12-9-15(6-7-17-12)22-14-5-4-11(2)16(10-14)18(20)21/h4-7,9-10H,3,8H2,1-2H3. The molecule has 0 aliphatic rings. The second-order valence-corrected chi connectivity index (χ2v) is 4.86. The first-order valence-electron chi connectivity index (χ1n) is 6.89. The average molecular weight is 300 g/mol. The molecule has 1 aromatic heterocycles. The normalized spacial score (nSPS) is 10.3. The number of carbonyl (C=O) groups is 1. The number of hydrogen-bond acceptors (Lipinski definition) is 5. The molecule has 0 saturated heterocycles. The SMILES string of the molecule is CCC(=O)Cc1cc(Oc2ccc(C)c([N+](=O)[O-])c2)ccn1. The smallest absolute Gasteiger partial charge is 0.276 e. The van der Waals surface area contributed by atoms with E-state index in [9.17, 15) is 14.9 Å². The van der Waals surface area contributed by atoms with E-state index < -0.39 is 4.92 Å². The Kier molecular flexibility index (Phi) is 4.83. The van der Waals surface area contributed by atoms with Crippen LogP contribution in [0.3, 0.4) is 0 Å². The zero-order chi connectivity index (χ0) is 16.1. The number of nitro benzene ring substituents is 1. The summed E-state index contributed by atoms with van der Waals surface area (Å²) >= 11 is 0. The number of aromatic nitrogens is 1. The Morgan fingerprint density at radius 3 is 2.68 bits per heavy atom. The Morgan fingerprint density at radius 1 is 1.27 bits per heavy atom. The first-order chi connectivity index (χ1) is 10.5. The van der Waals surface area contributed by atoms with Gasteiger partial charge in [-0.05, 0) is 25.1 Å². The molecule has 0 radical (unpaired) electrons. The lowest BCUT2D eigenvalue weighted by atomic mass is 10.1. The number of aryl methyl sites for hydroxylation is 1. The van der Waals surface area contributed by atoms with Gasteiger partial charge in [-0.2, -0.15) is 0 Å². The van der Waals surface area contributed by atoms with Gasteiger partial charge in [0.2, 0.25) is 0 Å². The van der Waals surface area contributed by atoms with Gasteiger partial charge in [0.05, 0.1) is 16.7 Å². The van der Waals surface area contributed by atoms with Crippen molar-refractivity contribution in [3.05, 3.63) is 57.9 Å². The molecule has 0 aliphatic heterocycles. The van der Waals surface area contributed by atoms with Crippen LogP contribution in [0.15, 0.2) is 36.5 Å². The van der Waals surface area contributed by atoms with Crippen molar-refractivity contribution in [3.8, 4) is 11.5 Å². The van der Waals surface area contributed by atoms with Gasteiger partial charge in [0.15, 0.2) is 0 Å². The summed E-state index contributed by atoms with van der Waals surface area (Å²) in [4.78, 5) is 26.1. The highest BCUT2D eigenvalue weighted by Gasteiger charge is 2.12. The van der Waals surface area contributed by atoms with Crippen molar-refractivity contribution in [2.24, 2.45) is 0 Å². The molecule has 22 heavy (non-hydrogen) atoms. The fourth-order valence-electron chi connectivity index (χ4n) is 1.93. The van der Waals surface area contributed by atoms with E-state index in [1.165, 1.54) is 6.07 Å². The van der Waals surface area contributed by atoms with Crippen molar-refractivity contribution in [2.75, 3.05) is 0 Å². The first-order valence-corrected chi connectivity index (χ1v) is 6.89. The molecule has 6 nitrogen and oxygen atoms in total. The fourth-order valence-corrected chi connectivity index (χ4v) is 1.93. The number of carbonyl (C=O) groups excluding carboxylic acids is 1. The molecule has 0 spiro atoms.